The Labute approximate surface area is 141 Å². The van der Waals surface area contributed by atoms with E-state index in [0.717, 1.165) is 16.7 Å². The average Bonchev–Trinajstić information content (AvgIpc) is 2.85. The number of aromatic nitrogens is 2. The van der Waals surface area contributed by atoms with E-state index in [0.29, 0.717) is 12.2 Å². The van der Waals surface area contributed by atoms with Gasteiger partial charge in [0.15, 0.2) is 0 Å². The largest absolute Gasteiger partial charge is 0.295 e. The molecular formula is C16H16BrN3OS. The Morgan fingerprint density at radius 3 is 2.86 bits per heavy atom. The van der Waals surface area contributed by atoms with Crippen LogP contribution < -0.4 is 5.56 Å². The third-order valence-corrected chi connectivity index (χ3v) is 4.97. The maximum absolute atomic E-state index is 12.2. The first-order chi connectivity index (χ1) is 10.5. The van der Waals surface area contributed by atoms with Crippen LogP contribution in [0.4, 0.5) is 0 Å². The summed E-state index contributed by atoms with van der Waals surface area (Å²) in [6.45, 7) is 3.64. The summed E-state index contributed by atoms with van der Waals surface area (Å²) in [5, 5.41) is 2.11. The highest BCUT2D eigenvalue weighted by Crippen LogP contribution is 2.18. The molecule has 0 aromatic carbocycles. The number of pyridine rings is 1. The zero-order valence-corrected chi connectivity index (χ0v) is 14.8. The van der Waals surface area contributed by atoms with E-state index in [1.165, 1.54) is 10.4 Å². The predicted octanol–water partition coefficient (Wildman–Crippen LogP) is 3.46. The van der Waals surface area contributed by atoms with E-state index in [1.807, 2.05) is 19.2 Å². The summed E-state index contributed by atoms with van der Waals surface area (Å²) >= 11 is 5.13. The van der Waals surface area contributed by atoms with Crippen molar-refractivity contribution in [2.75, 3.05) is 7.05 Å². The smallest absolute Gasteiger partial charge is 0.258 e. The minimum atomic E-state index is -0.0537. The number of hydrogen-bond donors (Lipinski definition) is 0. The predicted molar refractivity (Wildman–Crippen MR) is 93.4 cm³/mol. The first-order valence-electron chi connectivity index (χ1n) is 6.92. The lowest BCUT2D eigenvalue weighted by atomic mass is 10.2. The highest BCUT2D eigenvalue weighted by molar-refractivity contribution is 9.10. The highest BCUT2D eigenvalue weighted by atomic mass is 79.9. The zero-order valence-electron chi connectivity index (χ0n) is 12.4. The molecule has 0 fully saturated rings. The molecule has 3 aromatic heterocycles. The topological polar surface area (TPSA) is 37.6 Å². The van der Waals surface area contributed by atoms with Gasteiger partial charge in [-0.25, -0.2) is 4.98 Å². The lowest BCUT2D eigenvalue weighted by molar-refractivity contribution is 0.317. The number of fused-ring (bicyclic) bond motifs is 1. The van der Waals surface area contributed by atoms with E-state index in [1.54, 1.807) is 28.0 Å². The van der Waals surface area contributed by atoms with Crippen molar-refractivity contribution in [2.24, 2.45) is 0 Å². The maximum atomic E-state index is 12.2. The number of aryl methyl sites for hydroxylation is 1. The fraction of sp³-hybridized carbons (Fsp3) is 0.250. The van der Waals surface area contributed by atoms with Gasteiger partial charge in [0.05, 0.1) is 5.69 Å². The second-order valence-electron chi connectivity index (χ2n) is 5.36. The van der Waals surface area contributed by atoms with Crippen molar-refractivity contribution >= 4 is 32.9 Å². The molecule has 6 heteroatoms. The molecule has 22 heavy (non-hydrogen) atoms. The normalized spacial score (nSPS) is 11.5. The molecule has 0 aliphatic carbocycles. The van der Waals surface area contributed by atoms with Crippen LogP contribution >= 0.6 is 27.3 Å². The maximum Gasteiger partial charge on any atom is 0.258 e. The van der Waals surface area contributed by atoms with Crippen molar-refractivity contribution in [2.45, 2.75) is 20.0 Å². The molecule has 0 aliphatic rings. The number of halogens is 1. The van der Waals surface area contributed by atoms with E-state index < -0.39 is 0 Å². The molecular weight excluding hydrogens is 362 g/mol. The monoisotopic (exact) mass is 377 g/mol. The summed E-state index contributed by atoms with van der Waals surface area (Å²) in [4.78, 5) is 20.3. The molecule has 0 unspecified atom stereocenters. The van der Waals surface area contributed by atoms with Gasteiger partial charge in [-0.3, -0.25) is 14.1 Å². The molecule has 3 heterocycles. The molecule has 0 saturated heterocycles. The summed E-state index contributed by atoms with van der Waals surface area (Å²) < 4.78 is 2.42. The summed E-state index contributed by atoms with van der Waals surface area (Å²) in [5.74, 6) is 0. The Hall–Kier alpha value is -1.50. The van der Waals surface area contributed by atoms with Crippen LogP contribution in [0.1, 0.15) is 16.1 Å². The lowest BCUT2D eigenvalue weighted by Gasteiger charge is -2.16. The third kappa shape index (κ3) is 3.29. The summed E-state index contributed by atoms with van der Waals surface area (Å²) in [7, 11) is 2.05. The van der Waals surface area contributed by atoms with Gasteiger partial charge < -0.3 is 0 Å². The van der Waals surface area contributed by atoms with Gasteiger partial charge in [-0.2, -0.15) is 0 Å². The number of nitrogens with zero attached hydrogens (tertiary/aromatic N) is 3. The second kappa shape index (κ2) is 6.32. The second-order valence-corrected chi connectivity index (χ2v) is 7.28. The molecule has 114 valence electrons. The molecule has 0 saturated carbocycles. The SMILES string of the molecule is Cc1ccsc1CN(C)Cc1cc(=O)n2cc(Br)ccc2n1. The molecule has 0 bridgehead atoms. The van der Waals surface area contributed by atoms with Gasteiger partial charge in [0, 0.05) is 34.7 Å². The standard InChI is InChI=1S/C16H16BrN3OS/c1-11-5-6-22-14(11)10-19(2)9-13-7-16(21)20-8-12(17)3-4-15(20)18-13/h3-8H,9-10H2,1-2H3. The van der Waals surface area contributed by atoms with Gasteiger partial charge in [-0.1, -0.05) is 0 Å². The van der Waals surface area contributed by atoms with E-state index in [2.05, 4.69) is 44.2 Å². The molecule has 0 atom stereocenters. The fourth-order valence-corrected chi connectivity index (χ4v) is 3.67. The Kier molecular flexibility index (Phi) is 4.42. The van der Waals surface area contributed by atoms with E-state index in [9.17, 15) is 4.79 Å². The minimum Gasteiger partial charge on any atom is -0.295 e. The Morgan fingerprint density at radius 2 is 2.14 bits per heavy atom. The van der Waals surface area contributed by atoms with Crippen LogP contribution in [0.2, 0.25) is 0 Å². The van der Waals surface area contributed by atoms with Gasteiger partial charge in [-0.05, 0) is 59.0 Å². The third-order valence-electron chi connectivity index (χ3n) is 3.49. The van der Waals surface area contributed by atoms with E-state index in [4.69, 9.17) is 0 Å². The first-order valence-corrected chi connectivity index (χ1v) is 8.59. The quantitative estimate of drug-likeness (QED) is 0.698. The Balaban J connectivity index is 1.83. The van der Waals surface area contributed by atoms with Crippen molar-refractivity contribution < 1.29 is 0 Å². The Bertz CT molecular complexity index is 871. The highest BCUT2D eigenvalue weighted by Gasteiger charge is 2.08. The van der Waals surface area contributed by atoms with Crippen LogP contribution in [0, 0.1) is 6.92 Å². The van der Waals surface area contributed by atoms with Gasteiger partial charge in [0.1, 0.15) is 5.65 Å². The van der Waals surface area contributed by atoms with E-state index in [-0.39, 0.29) is 5.56 Å². The fourth-order valence-electron chi connectivity index (χ4n) is 2.35. The molecule has 0 N–H and O–H groups in total. The van der Waals surface area contributed by atoms with Gasteiger partial charge >= 0.3 is 0 Å². The molecule has 0 aliphatic heterocycles. The van der Waals surface area contributed by atoms with Crippen LogP contribution in [-0.2, 0) is 13.1 Å². The average molecular weight is 378 g/mol. The van der Waals surface area contributed by atoms with Crippen molar-refractivity contribution in [1.29, 1.82) is 0 Å². The molecule has 0 amide bonds. The van der Waals surface area contributed by atoms with Crippen molar-refractivity contribution in [3.63, 3.8) is 0 Å². The number of rotatable bonds is 4. The molecule has 0 radical (unpaired) electrons. The van der Waals surface area contributed by atoms with Gasteiger partial charge in [0.2, 0.25) is 0 Å². The molecule has 0 spiro atoms. The van der Waals surface area contributed by atoms with Crippen LogP contribution in [-0.4, -0.2) is 21.3 Å². The van der Waals surface area contributed by atoms with Crippen molar-refractivity contribution in [3.05, 3.63) is 66.8 Å². The first kappa shape index (κ1) is 15.4. The van der Waals surface area contributed by atoms with Crippen LogP contribution in [0.3, 0.4) is 0 Å². The molecule has 4 nitrogen and oxygen atoms in total. The number of thiophene rings is 1. The molecule has 3 aromatic rings. The molecule has 3 rings (SSSR count). The van der Waals surface area contributed by atoms with E-state index >= 15 is 0 Å². The minimum absolute atomic E-state index is 0.0537. The van der Waals surface area contributed by atoms with Crippen molar-refractivity contribution in [3.8, 4) is 0 Å². The summed E-state index contributed by atoms with van der Waals surface area (Å²) in [5.41, 5.74) is 2.73. The van der Waals surface area contributed by atoms with Gasteiger partial charge in [-0.15, -0.1) is 11.3 Å². The van der Waals surface area contributed by atoms with Crippen molar-refractivity contribution in [1.82, 2.24) is 14.3 Å². The van der Waals surface area contributed by atoms with Crippen LogP contribution in [0.15, 0.2) is 45.1 Å². The van der Waals surface area contributed by atoms with Gasteiger partial charge in [0.25, 0.3) is 5.56 Å². The lowest BCUT2D eigenvalue weighted by Crippen LogP contribution is -2.21. The van der Waals surface area contributed by atoms with Crippen LogP contribution in [0.25, 0.3) is 5.65 Å². The summed E-state index contributed by atoms with van der Waals surface area (Å²) in [6, 6.07) is 7.48. The van der Waals surface area contributed by atoms with Crippen LogP contribution in [0.5, 0.6) is 0 Å². The number of hydrogen-bond acceptors (Lipinski definition) is 4. The summed E-state index contributed by atoms with van der Waals surface area (Å²) in [6.07, 6.45) is 1.74. The zero-order chi connectivity index (χ0) is 15.7. The Morgan fingerprint density at radius 1 is 1.32 bits per heavy atom.